The van der Waals surface area contributed by atoms with E-state index in [1.165, 1.54) is 0 Å². The number of fused-ring (bicyclic) bond motifs is 1. The van der Waals surface area contributed by atoms with Crippen LogP contribution in [0.1, 0.15) is 13.8 Å². The van der Waals surface area contributed by atoms with Crippen molar-refractivity contribution in [1.82, 2.24) is 0 Å². The monoisotopic (exact) mass is 162 g/mol. The first-order valence-electron chi connectivity index (χ1n) is 4.20. The molecule has 2 rings (SSSR count). The molecule has 0 aromatic heterocycles. The van der Waals surface area contributed by atoms with Crippen LogP contribution in [-0.4, -0.2) is 7.12 Å². The molecule has 0 spiro atoms. The average molecular weight is 162 g/mol. The van der Waals surface area contributed by atoms with Crippen LogP contribution in [0.2, 0.25) is 5.82 Å². The van der Waals surface area contributed by atoms with Gasteiger partial charge in [-0.25, -0.2) is 0 Å². The fourth-order valence-electron chi connectivity index (χ4n) is 1.19. The molecule has 12 heavy (non-hydrogen) atoms. The molecule has 62 valence electrons. The molecule has 1 aromatic rings. The fourth-order valence-corrected chi connectivity index (χ4v) is 1.19. The van der Waals surface area contributed by atoms with Gasteiger partial charge in [0.15, 0.2) is 0 Å². The van der Waals surface area contributed by atoms with E-state index >= 15 is 0 Å². The highest BCUT2D eigenvalue weighted by atomic mass is 16.6. The van der Waals surface area contributed by atoms with Crippen molar-refractivity contribution in [3.63, 3.8) is 0 Å². The summed E-state index contributed by atoms with van der Waals surface area (Å²) in [6, 6.07) is 7.76. The van der Waals surface area contributed by atoms with Gasteiger partial charge in [0.1, 0.15) is 11.5 Å². The molecule has 1 heterocycles. The van der Waals surface area contributed by atoms with E-state index in [2.05, 4.69) is 13.8 Å². The maximum absolute atomic E-state index is 5.55. The first kappa shape index (κ1) is 7.53. The standard InChI is InChI=1S/C9H11BO2/c1-7(2)10-11-8-5-3-4-6-9(8)12-10/h3-7H,1-2H3. The van der Waals surface area contributed by atoms with Crippen LogP contribution in [0.5, 0.6) is 11.5 Å². The summed E-state index contributed by atoms with van der Waals surface area (Å²) < 4.78 is 11.1. The fraction of sp³-hybridized carbons (Fsp3) is 0.333. The molecule has 3 heteroatoms. The normalized spacial score (nSPS) is 14.1. The summed E-state index contributed by atoms with van der Waals surface area (Å²) in [5.74, 6) is 2.10. The number of hydrogen-bond donors (Lipinski definition) is 0. The molecule has 0 bridgehead atoms. The highest BCUT2D eigenvalue weighted by Crippen LogP contribution is 2.35. The van der Waals surface area contributed by atoms with E-state index in [4.69, 9.17) is 9.31 Å². The van der Waals surface area contributed by atoms with Crippen LogP contribution in [0, 0.1) is 0 Å². The van der Waals surface area contributed by atoms with Gasteiger partial charge < -0.3 is 9.31 Å². The van der Waals surface area contributed by atoms with E-state index in [0.29, 0.717) is 5.82 Å². The van der Waals surface area contributed by atoms with Crippen LogP contribution in [-0.2, 0) is 0 Å². The Bertz CT molecular complexity index is 261. The van der Waals surface area contributed by atoms with Crippen LogP contribution < -0.4 is 9.31 Å². The Morgan fingerprint density at radius 3 is 2.00 bits per heavy atom. The molecule has 0 radical (unpaired) electrons. The zero-order valence-corrected chi connectivity index (χ0v) is 7.28. The molecular weight excluding hydrogens is 151 g/mol. The lowest BCUT2D eigenvalue weighted by atomic mass is 9.75. The minimum atomic E-state index is -0.109. The summed E-state index contributed by atoms with van der Waals surface area (Å²) >= 11 is 0. The minimum Gasteiger partial charge on any atom is -0.523 e. The summed E-state index contributed by atoms with van der Waals surface area (Å²) in [5.41, 5.74) is 0. The first-order valence-corrected chi connectivity index (χ1v) is 4.20. The maximum Gasteiger partial charge on any atom is 0.597 e. The van der Waals surface area contributed by atoms with Crippen LogP contribution in [0.15, 0.2) is 24.3 Å². The van der Waals surface area contributed by atoms with Gasteiger partial charge in [0.25, 0.3) is 0 Å². The van der Waals surface area contributed by atoms with Gasteiger partial charge in [-0.3, -0.25) is 0 Å². The average Bonchev–Trinajstić information content (AvgIpc) is 2.46. The highest BCUT2D eigenvalue weighted by molar-refractivity contribution is 6.49. The summed E-state index contributed by atoms with van der Waals surface area (Å²) in [5, 5.41) is 0. The maximum atomic E-state index is 5.55. The van der Waals surface area contributed by atoms with Crippen LogP contribution in [0.3, 0.4) is 0 Å². The van der Waals surface area contributed by atoms with Crippen molar-refractivity contribution in [1.29, 1.82) is 0 Å². The second-order valence-corrected chi connectivity index (χ2v) is 3.29. The first-order chi connectivity index (χ1) is 5.77. The number of hydrogen-bond acceptors (Lipinski definition) is 2. The second-order valence-electron chi connectivity index (χ2n) is 3.29. The van der Waals surface area contributed by atoms with Crippen LogP contribution in [0.25, 0.3) is 0 Å². The van der Waals surface area contributed by atoms with Gasteiger partial charge in [-0.2, -0.15) is 0 Å². The highest BCUT2D eigenvalue weighted by Gasteiger charge is 2.34. The summed E-state index contributed by atoms with van der Waals surface area (Å²) in [7, 11) is -0.109. The molecule has 1 aliphatic heterocycles. The zero-order chi connectivity index (χ0) is 8.55. The van der Waals surface area contributed by atoms with Crippen LogP contribution in [0.4, 0.5) is 0 Å². The van der Waals surface area contributed by atoms with E-state index in [1.54, 1.807) is 0 Å². The lowest BCUT2D eigenvalue weighted by Crippen LogP contribution is -2.27. The summed E-state index contributed by atoms with van der Waals surface area (Å²) in [4.78, 5) is 0. The van der Waals surface area contributed by atoms with E-state index in [9.17, 15) is 0 Å². The zero-order valence-electron chi connectivity index (χ0n) is 7.28. The van der Waals surface area contributed by atoms with E-state index in [1.807, 2.05) is 24.3 Å². The molecule has 0 aliphatic carbocycles. The SMILES string of the molecule is CC(C)B1Oc2ccccc2O1. The van der Waals surface area contributed by atoms with Crippen molar-refractivity contribution in [2.75, 3.05) is 0 Å². The van der Waals surface area contributed by atoms with Crippen LogP contribution >= 0.6 is 0 Å². The van der Waals surface area contributed by atoms with Crippen molar-refractivity contribution < 1.29 is 9.31 Å². The third-order valence-corrected chi connectivity index (χ3v) is 1.88. The smallest absolute Gasteiger partial charge is 0.523 e. The van der Waals surface area contributed by atoms with E-state index in [0.717, 1.165) is 11.5 Å². The molecule has 1 aromatic carbocycles. The Hall–Kier alpha value is -1.12. The number of para-hydroxylation sites is 2. The Kier molecular flexibility index (Phi) is 1.72. The summed E-state index contributed by atoms with van der Waals surface area (Å²) in [6.07, 6.45) is 0. The molecule has 0 amide bonds. The predicted molar refractivity (Wildman–Crippen MR) is 48.6 cm³/mol. The quantitative estimate of drug-likeness (QED) is 0.590. The summed E-state index contributed by atoms with van der Waals surface area (Å²) in [6.45, 7) is 4.16. The molecule has 0 saturated heterocycles. The third kappa shape index (κ3) is 1.15. The third-order valence-electron chi connectivity index (χ3n) is 1.88. The number of benzene rings is 1. The van der Waals surface area contributed by atoms with Crippen molar-refractivity contribution in [3.8, 4) is 11.5 Å². The molecule has 0 saturated carbocycles. The molecule has 0 N–H and O–H groups in total. The van der Waals surface area contributed by atoms with Gasteiger partial charge in [-0.15, -0.1) is 0 Å². The molecule has 0 fully saturated rings. The van der Waals surface area contributed by atoms with Crippen molar-refractivity contribution in [2.24, 2.45) is 0 Å². The van der Waals surface area contributed by atoms with Crippen molar-refractivity contribution in [3.05, 3.63) is 24.3 Å². The van der Waals surface area contributed by atoms with E-state index < -0.39 is 0 Å². The van der Waals surface area contributed by atoms with Gasteiger partial charge in [-0.1, -0.05) is 26.0 Å². The topological polar surface area (TPSA) is 18.5 Å². The molecule has 1 aliphatic rings. The van der Waals surface area contributed by atoms with Gasteiger partial charge in [0.05, 0.1) is 0 Å². The Morgan fingerprint density at radius 1 is 1.08 bits per heavy atom. The Balaban J connectivity index is 2.22. The van der Waals surface area contributed by atoms with Gasteiger partial charge >= 0.3 is 7.12 Å². The largest absolute Gasteiger partial charge is 0.597 e. The van der Waals surface area contributed by atoms with E-state index in [-0.39, 0.29) is 7.12 Å². The Labute approximate surface area is 72.6 Å². The van der Waals surface area contributed by atoms with Gasteiger partial charge in [0, 0.05) is 5.82 Å². The second kappa shape index (κ2) is 2.74. The molecule has 0 unspecified atom stereocenters. The van der Waals surface area contributed by atoms with Gasteiger partial charge in [0.2, 0.25) is 0 Å². The minimum absolute atomic E-state index is 0.109. The number of rotatable bonds is 1. The lowest BCUT2D eigenvalue weighted by molar-refractivity contribution is 0.481. The predicted octanol–water partition coefficient (Wildman–Crippen LogP) is 2.36. The van der Waals surface area contributed by atoms with Crippen molar-refractivity contribution >= 4 is 7.12 Å². The molecule has 2 nitrogen and oxygen atoms in total. The lowest BCUT2D eigenvalue weighted by Gasteiger charge is -2.06. The van der Waals surface area contributed by atoms with Gasteiger partial charge in [-0.05, 0) is 12.1 Å². The Morgan fingerprint density at radius 2 is 1.58 bits per heavy atom. The molecule has 0 atom stereocenters. The van der Waals surface area contributed by atoms with Crippen molar-refractivity contribution in [2.45, 2.75) is 19.7 Å². The molecular formula is C9H11BO2.